The molecule has 2 aliphatic rings. The van der Waals surface area contributed by atoms with Crippen molar-refractivity contribution in [2.45, 2.75) is 63.3 Å². The van der Waals surface area contributed by atoms with E-state index in [4.69, 9.17) is 19.7 Å². The third-order valence-corrected chi connectivity index (χ3v) is 4.11. The molecule has 5 heteroatoms. The van der Waals surface area contributed by atoms with Crippen LogP contribution in [0.25, 0.3) is 0 Å². The number of hydrogen-bond acceptors (Lipinski definition) is 5. The molecular formula is C19H28O5. The van der Waals surface area contributed by atoms with Crippen LogP contribution < -0.4 is 0 Å². The van der Waals surface area contributed by atoms with E-state index in [9.17, 15) is 5.11 Å². The summed E-state index contributed by atoms with van der Waals surface area (Å²) in [6.45, 7) is 3.84. The fourth-order valence-electron chi connectivity index (χ4n) is 3.04. The minimum absolute atomic E-state index is 0.0207. The molecule has 5 nitrogen and oxygen atoms in total. The quantitative estimate of drug-likeness (QED) is 0.582. The van der Waals surface area contributed by atoms with Crippen molar-refractivity contribution in [1.29, 1.82) is 0 Å². The van der Waals surface area contributed by atoms with Crippen LogP contribution in [0.4, 0.5) is 0 Å². The van der Waals surface area contributed by atoms with E-state index in [0.717, 1.165) is 24.8 Å². The van der Waals surface area contributed by atoms with Crippen LogP contribution >= 0.6 is 0 Å². The van der Waals surface area contributed by atoms with Crippen LogP contribution in [-0.4, -0.2) is 45.5 Å². The van der Waals surface area contributed by atoms with E-state index in [1.807, 2.05) is 30.4 Å². The normalized spacial score (nSPS) is 29.4. The molecule has 1 heterocycles. The maximum atomic E-state index is 10.2. The Morgan fingerprint density at radius 2 is 1.92 bits per heavy atom. The number of aliphatic hydroxyl groups excluding tert-OH is 1. The maximum Gasteiger partial charge on any atom is 0.156 e. The number of aliphatic hydroxyl groups is 3. The van der Waals surface area contributed by atoms with Gasteiger partial charge in [0.15, 0.2) is 5.79 Å². The van der Waals surface area contributed by atoms with Gasteiger partial charge in [0.25, 0.3) is 0 Å². The largest absolute Gasteiger partial charge is 0.386 e. The van der Waals surface area contributed by atoms with Crippen molar-refractivity contribution in [3.63, 3.8) is 0 Å². The lowest BCUT2D eigenvalue weighted by Gasteiger charge is -2.39. The number of ether oxygens (including phenoxy) is 2. The molecule has 134 valence electrons. The predicted octanol–water partition coefficient (Wildman–Crippen LogP) is 2.15. The Morgan fingerprint density at radius 3 is 2.54 bits per heavy atom. The molecule has 1 fully saturated rings. The zero-order chi connectivity index (χ0) is 17.6. The molecule has 3 rings (SSSR count). The Balaban J connectivity index is 0.000000368. The first-order chi connectivity index (χ1) is 11.3. The minimum Gasteiger partial charge on any atom is -0.386 e. The van der Waals surface area contributed by atoms with Gasteiger partial charge in [0.1, 0.15) is 11.7 Å². The fourth-order valence-corrected chi connectivity index (χ4v) is 3.04. The van der Waals surface area contributed by atoms with E-state index in [1.165, 1.54) is 13.8 Å². The average molecular weight is 336 g/mol. The fraction of sp³-hybridized carbons (Fsp3) is 0.579. The van der Waals surface area contributed by atoms with Crippen molar-refractivity contribution >= 4 is 0 Å². The molecule has 1 aliphatic carbocycles. The van der Waals surface area contributed by atoms with Crippen molar-refractivity contribution in [3.05, 3.63) is 48.0 Å². The van der Waals surface area contributed by atoms with E-state index in [0.29, 0.717) is 13.2 Å². The summed E-state index contributed by atoms with van der Waals surface area (Å²) in [7, 11) is 0. The lowest BCUT2D eigenvalue weighted by atomic mass is 9.82. The van der Waals surface area contributed by atoms with Gasteiger partial charge in [-0.25, -0.2) is 0 Å². The van der Waals surface area contributed by atoms with Crippen molar-refractivity contribution in [2.24, 2.45) is 0 Å². The molecule has 3 atom stereocenters. The van der Waals surface area contributed by atoms with Gasteiger partial charge in [0.05, 0.1) is 19.3 Å². The Hall–Kier alpha value is -1.24. The molecule has 0 bridgehead atoms. The number of benzene rings is 1. The molecule has 0 radical (unpaired) electrons. The van der Waals surface area contributed by atoms with Crippen LogP contribution in [0.1, 0.15) is 38.7 Å². The van der Waals surface area contributed by atoms with Gasteiger partial charge in [0, 0.05) is 0 Å². The molecule has 24 heavy (non-hydrogen) atoms. The lowest BCUT2D eigenvalue weighted by molar-refractivity contribution is -0.145. The summed E-state index contributed by atoms with van der Waals surface area (Å²) in [6, 6.07) is 10.1. The first-order valence-corrected chi connectivity index (χ1v) is 8.40. The zero-order valence-electron chi connectivity index (χ0n) is 14.4. The highest BCUT2D eigenvalue weighted by molar-refractivity contribution is 5.15. The van der Waals surface area contributed by atoms with Gasteiger partial charge in [-0.15, -0.1) is 0 Å². The van der Waals surface area contributed by atoms with E-state index in [1.54, 1.807) is 0 Å². The minimum atomic E-state index is -1.50. The van der Waals surface area contributed by atoms with E-state index >= 15 is 0 Å². The summed E-state index contributed by atoms with van der Waals surface area (Å²) in [4.78, 5) is 0. The second kappa shape index (κ2) is 8.23. The van der Waals surface area contributed by atoms with Crippen LogP contribution in [-0.2, 0) is 16.1 Å². The molecule has 0 amide bonds. The molecule has 0 aromatic heterocycles. The summed E-state index contributed by atoms with van der Waals surface area (Å²) in [5, 5.41) is 26.4. The first-order valence-electron chi connectivity index (χ1n) is 8.40. The maximum absolute atomic E-state index is 10.2. The first kappa shape index (κ1) is 19.1. The van der Waals surface area contributed by atoms with Gasteiger partial charge in [-0.2, -0.15) is 0 Å². The average Bonchev–Trinajstić information content (AvgIpc) is 2.91. The third-order valence-electron chi connectivity index (χ3n) is 4.11. The zero-order valence-corrected chi connectivity index (χ0v) is 14.4. The van der Waals surface area contributed by atoms with Gasteiger partial charge in [0.2, 0.25) is 0 Å². The van der Waals surface area contributed by atoms with Gasteiger partial charge in [-0.1, -0.05) is 42.5 Å². The third kappa shape index (κ3) is 5.40. The predicted molar refractivity (Wildman–Crippen MR) is 91.2 cm³/mol. The standard InChI is InChI=1S/C16H20O3.C3H8O2/c17-14-8-4-5-10-16(14)15(9-11-19-16)18-12-13-6-2-1-3-7-13;1-3(2,4)5/h1-4,6-8,14-15,17H,5,9-12H2;4-5H,1-2H3. The van der Waals surface area contributed by atoms with Gasteiger partial charge < -0.3 is 24.8 Å². The van der Waals surface area contributed by atoms with Gasteiger partial charge >= 0.3 is 0 Å². The number of allylic oxidation sites excluding steroid dienone is 1. The van der Waals surface area contributed by atoms with E-state index in [-0.39, 0.29) is 6.10 Å². The lowest BCUT2D eigenvalue weighted by Crippen LogP contribution is -2.51. The molecule has 3 N–H and O–H groups in total. The summed E-state index contributed by atoms with van der Waals surface area (Å²) in [5.41, 5.74) is 0.633. The highest BCUT2D eigenvalue weighted by Crippen LogP contribution is 2.39. The highest BCUT2D eigenvalue weighted by Gasteiger charge is 2.50. The van der Waals surface area contributed by atoms with Crippen LogP contribution in [0.2, 0.25) is 0 Å². The van der Waals surface area contributed by atoms with E-state index < -0.39 is 17.5 Å². The number of hydrogen-bond donors (Lipinski definition) is 3. The molecular weight excluding hydrogens is 308 g/mol. The van der Waals surface area contributed by atoms with Crippen LogP contribution in [0.3, 0.4) is 0 Å². The second-order valence-electron chi connectivity index (χ2n) is 6.78. The van der Waals surface area contributed by atoms with Crippen molar-refractivity contribution in [2.75, 3.05) is 6.61 Å². The molecule has 1 spiro atoms. The SMILES string of the molecule is CC(C)(O)O.OC1C=CCCC12OCCC2OCc1ccccc1. The van der Waals surface area contributed by atoms with Gasteiger partial charge in [-0.3, -0.25) is 0 Å². The highest BCUT2D eigenvalue weighted by atomic mass is 16.6. The Morgan fingerprint density at radius 1 is 1.25 bits per heavy atom. The van der Waals surface area contributed by atoms with Crippen LogP contribution in [0, 0.1) is 0 Å². The Labute approximate surface area is 143 Å². The molecule has 1 aliphatic heterocycles. The van der Waals surface area contributed by atoms with Crippen molar-refractivity contribution in [1.82, 2.24) is 0 Å². The van der Waals surface area contributed by atoms with Crippen molar-refractivity contribution in [3.8, 4) is 0 Å². The summed E-state index contributed by atoms with van der Waals surface area (Å²) in [6.07, 6.45) is 5.93. The molecule has 3 unspecified atom stereocenters. The van der Waals surface area contributed by atoms with Crippen molar-refractivity contribution < 1.29 is 24.8 Å². The Kier molecular flexibility index (Phi) is 6.54. The van der Waals surface area contributed by atoms with Crippen LogP contribution in [0.15, 0.2) is 42.5 Å². The summed E-state index contributed by atoms with van der Waals surface area (Å²) in [5.74, 6) is -1.50. The Bertz CT molecular complexity index is 516. The molecule has 1 saturated heterocycles. The summed E-state index contributed by atoms with van der Waals surface area (Å²) >= 11 is 0. The van der Waals surface area contributed by atoms with E-state index in [2.05, 4.69) is 12.1 Å². The topological polar surface area (TPSA) is 79.2 Å². The molecule has 1 aromatic carbocycles. The smallest absolute Gasteiger partial charge is 0.156 e. The monoisotopic (exact) mass is 336 g/mol. The molecule has 1 aromatic rings. The summed E-state index contributed by atoms with van der Waals surface area (Å²) < 4.78 is 11.9. The van der Waals surface area contributed by atoms with Gasteiger partial charge in [-0.05, 0) is 38.7 Å². The van der Waals surface area contributed by atoms with Crippen LogP contribution in [0.5, 0.6) is 0 Å². The molecule has 0 saturated carbocycles. The number of rotatable bonds is 3. The second-order valence-corrected chi connectivity index (χ2v) is 6.78.